The van der Waals surface area contributed by atoms with Crippen LogP contribution in [0.1, 0.15) is 11.1 Å². The molecule has 0 heterocycles. The summed E-state index contributed by atoms with van der Waals surface area (Å²) < 4.78 is 26.4. The van der Waals surface area contributed by atoms with Crippen LogP contribution in [0.4, 0.5) is 20.2 Å². The van der Waals surface area contributed by atoms with E-state index in [2.05, 4.69) is 0 Å². The zero-order chi connectivity index (χ0) is 14.2. The molecule has 100 valence electrons. The molecule has 2 aromatic carbocycles. The predicted molar refractivity (Wildman–Crippen MR) is 67.8 cm³/mol. The Hall–Kier alpha value is -2.50. The maximum Gasteiger partial charge on any atom is 0.142 e. The lowest BCUT2D eigenvalue weighted by atomic mass is 10.0. The van der Waals surface area contributed by atoms with Crippen molar-refractivity contribution in [2.24, 2.45) is 0 Å². The Morgan fingerprint density at radius 2 is 1.16 bits per heavy atom. The monoisotopic (exact) mass is 266 g/mol. The molecule has 6 N–H and O–H groups in total. The SMILES string of the molecule is Nc1cc(F)cc(Cc2cc(F)cc(N)c2O)c1O. The standard InChI is InChI=1S/C13H12F2N2O2/c14-8-2-6(12(18)10(16)4-8)1-7-3-9(15)5-11(17)13(7)19/h2-5,18-19H,1,16-17H2. The summed E-state index contributed by atoms with van der Waals surface area (Å²) in [4.78, 5) is 0. The molecule has 2 aromatic rings. The summed E-state index contributed by atoms with van der Waals surface area (Å²) in [5.41, 5.74) is 10.9. The minimum absolute atomic E-state index is 0.0956. The lowest BCUT2D eigenvalue weighted by Crippen LogP contribution is -1.98. The zero-order valence-corrected chi connectivity index (χ0v) is 9.82. The van der Waals surface area contributed by atoms with Crippen LogP contribution in [-0.2, 0) is 6.42 Å². The van der Waals surface area contributed by atoms with Gasteiger partial charge in [0.15, 0.2) is 0 Å². The van der Waals surface area contributed by atoms with Crippen molar-refractivity contribution in [2.45, 2.75) is 6.42 Å². The Labute approximate surface area is 107 Å². The van der Waals surface area contributed by atoms with E-state index in [1.807, 2.05) is 0 Å². The van der Waals surface area contributed by atoms with E-state index in [1.165, 1.54) is 0 Å². The Morgan fingerprint density at radius 3 is 1.53 bits per heavy atom. The largest absolute Gasteiger partial charge is 0.505 e. The highest BCUT2D eigenvalue weighted by atomic mass is 19.1. The van der Waals surface area contributed by atoms with Gasteiger partial charge in [0, 0.05) is 29.7 Å². The van der Waals surface area contributed by atoms with E-state index in [1.54, 1.807) is 0 Å². The van der Waals surface area contributed by atoms with Crippen LogP contribution in [0.2, 0.25) is 0 Å². The molecule has 0 fully saturated rings. The van der Waals surface area contributed by atoms with Gasteiger partial charge in [-0.25, -0.2) is 8.78 Å². The van der Waals surface area contributed by atoms with Gasteiger partial charge in [-0.15, -0.1) is 0 Å². The second-order valence-electron chi connectivity index (χ2n) is 4.18. The lowest BCUT2D eigenvalue weighted by molar-refractivity contribution is 0.462. The van der Waals surface area contributed by atoms with E-state index in [0.29, 0.717) is 0 Å². The molecule has 0 saturated heterocycles. The van der Waals surface area contributed by atoms with E-state index in [9.17, 15) is 19.0 Å². The molecule has 6 heteroatoms. The van der Waals surface area contributed by atoms with Gasteiger partial charge in [-0.05, 0) is 12.1 Å². The van der Waals surface area contributed by atoms with Crippen LogP contribution >= 0.6 is 0 Å². The number of phenolic OH excluding ortho intramolecular Hbond substituents is 2. The van der Waals surface area contributed by atoms with Crippen LogP contribution in [0.5, 0.6) is 11.5 Å². The van der Waals surface area contributed by atoms with Crippen molar-refractivity contribution in [1.82, 2.24) is 0 Å². The maximum atomic E-state index is 13.2. The average molecular weight is 266 g/mol. The highest BCUT2D eigenvalue weighted by Gasteiger charge is 2.13. The number of hydrogen-bond acceptors (Lipinski definition) is 4. The maximum absolute atomic E-state index is 13.2. The van der Waals surface area contributed by atoms with Gasteiger partial charge in [0.1, 0.15) is 23.1 Å². The molecule has 0 aliphatic carbocycles. The highest BCUT2D eigenvalue weighted by molar-refractivity contribution is 5.60. The van der Waals surface area contributed by atoms with Crippen molar-refractivity contribution in [3.63, 3.8) is 0 Å². The van der Waals surface area contributed by atoms with Crippen LogP contribution in [0, 0.1) is 11.6 Å². The number of hydrogen-bond donors (Lipinski definition) is 4. The molecule has 4 nitrogen and oxygen atoms in total. The summed E-state index contributed by atoms with van der Waals surface area (Å²) in [7, 11) is 0. The number of nitrogen functional groups attached to an aromatic ring is 2. The van der Waals surface area contributed by atoms with Crippen molar-refractivity contribution in [3.8, 4) is 11.5 Å². The summed E-state index contributed by atoms with van der Waals surface area (Å²) in [5.74, 6) is -1.87. The van der Waals surface area contributed by atoms with Crippen LogP contribution < -0.4 is 11.5 Å². The molecule has 0 atom stereocenters. The van der Waals surface area contributed by atoms with Gasteiger partial charge in [-0.2, -0.15) is 0 Å². The number of phenols is 2. The number of anilines is 2. The molecule has 0 aromatic heterocycles. The fourth-order valence-corrected chi connectivity index (χ4v) is 1.83. The molecule has 2 rings (SSSR count). The van der Waals surface area contributed by atoms with Crippen molar-refractivity contribution < 1.29 is 19.0 Å². The molecule has 0 aliphatic heterocycles. The van der Waals surface area contributed by atoms with E-state index < -0.39 is 11.6 Å². The van der Waals surface area contributed by atoms with Gasteiger partial charge >= 0.3 is 0 Å². The third-order valence-electron chi connectivity index (χ3n) is 2.75. The number of nitrogens with two attached hydrogens (primary N) is 2. The van der Waals surface area contributed by atoms with Gasteiger partial charge in [0.25, 0.3) is 0 Å². The summed E-state index contributed by atoms with van der Waals surface area (Å²) in [6, 6.07) is 4.07. The van der Waals surface area contributed by atoms with Gasteiger partial charge in [-0.1, -0.05) is 0 Å². The molecule has 0 radical (unpaired) electrons. The number of aromatic hydroxyl groups is 2. The van der Waals surface area contributed by atoms with Gasteiger partial charge in [-0.3, -0.25) is 0 Å². The molecule has 0 spiro atoms. The second kappa shape index (κ2) is 4.64. The number of halogens is 2. The van der Waals surface area contributed by atoms with Gasteiger partial charge in [0.05, 0.1) is 11.4 Å². The van der Waals surface area contributed by atoms with Crippen molar-refractivity contribution in [1.29, 1.82) is 0 Å². The van der Waals surface area contributed by atoms with Crippen molar-refractivity contribution >= 4 is 11.4 Å². The van der Waals surface area contributed by atoms with E-state index in [-0.39, 0.29) is 40.4 Å². The molecule has 19 heavy (non-hydrogen) atoms. The predicted octanol–water partition coefficient (Wildman–Crippen LogP) is 2.13. The van der Waals surface area contributed by atoms with E-state index >= 15 is 0 Å². The first-order valence-corrected chi connectivity index (χ1v) is 5.42. The van der Waals surface area contributed by atoms with Crippen LogP contribution in [-0.4, -0.2) is 10.2 Å². The quantitative estimate of drug-likeness (QED) is 0.495. The Bertz CT molecular complexity index is 590. The number of rotatable bonds is 2. The molecule has 0 amide bonds. The zero-order valence-electron chi connectivity index (χ0n) is 9.82. The average Bonchev–Trinajstić information content (AvgIpc) is 2.31. The lowest BCUT2D eigenvalue weighted by Gasteiger charge is -2.10. The first-order chi connectivity index (χ1) is 8.88. The molecular weight excluding hydrogens is 254 g/mol. The summed E-state index contributed by atoms with van der Waals surface area (Å²) >= 11 is 0. The van der Waals surface area contributed by atoms with Crippen molar-refractivity contribution in [3.05, 3.63) is 47.0 Å². The molecule has 0 unspecified atom stereocenters. The molecule has 0 bridgehead atoms. The first kappa shape index (κ1) is 12.9. The topological polar surface area (TPSA) is 92.5 Å². The highest BCUT2D eigenvalue weighted by Crippen LogP contribution is 2.33. The third kappa shape index (κ3) is 2.52. The van der Waals surface area contributed by atoms with Gasteiger partial charge in [0.2, 0.25) is 0 Å². The second-order valence-corrected chi connectivity index (χ2v) is 4.18. The van der Waals surface area contributed by atoms with Crippen LogP contribution in [0.25, 0.3) is 0 Å². The summed E-state index contributed by atoms with van der Waals surface area (Å²) in [5, 5.41) is 19.4. The van der Waals surface area contributed by atoms with Crippen LogP contribution in [0.15, 0.2) is 24.3 Å². The Balaban J connectivity index is 2.47. The van der Waals surface area contributed by atoms with E-state index in [0.717, 1.165) is 24.3 Å². The van der Waals surface area contributed by atoms with Crippen molar-refractivity contribution in [2.75, 3.05) is 11.5 Å². The molecule has 0 saturated carbocycles. The Kier molecular flexibility index (Phi) is 3.16. The number of benzene rings is 2. The first-order valence-electron chi connectivity index (χ1n) is 5.42. The summed E-state index contributed by atoms with van der Waals surface area (Å²) in [6.45, 7) is 0. The fraction of sp³-hybridized carbons (Fsp3) is 0.0769. The van der Waals surface area contributed by atoms with Crippen LogP contribution in [0.3, 0.4) is 0 Å². The fourth-order valence-electron chi connectivity index (χ4n) is 1.83. The molecule has 0 aliphatic rings. The van der Waals surface area contributed by atoms with Gasteiger partial charge < -0.3 is 21.7 Å². The summed E-state index contributed by atoms with van der Waals surface area (Å²) in [6.07, 6.45) is -0.0956. The van der Waals surface area contributed by atoms with E-state index in [4.69, 9.17) is 11.5 Å². The minimum atomic E-state index is -0.630. The normalized spacial score (nSPS) is 10.6. The third-order valence-corrected chi connectivity index (χ3v) is 2.75. The molecular formula is C13H12F2N2O2. The smallest absolute Gasteiger partial charge is 0.142 e. The Morgan fingerprint density at radius 1 is 0.789 bits per heavy atom. The minimum Gasteiger partial charge on any atom is -0.505 e.